The van der Waals surface area contributed by atoms with Crippen molar-refractivity contribution in [2.24, 2.45) is 0 Å². The van der Waals surface area contributed by atoms with E-state index in [1.807, 2.05) is 24.3 Å². The van der Waals surface area contributed by atoms with Crippen LogP contribution in [0.2, 0.25) is 0 Å². The molecular formula is C28H36F2N2O5. The fraction of sp³-hybridized carbons (Fsp3) is 0.536. The van der Waals surface area contributed by atoms with Crippen LogP contribution in [0.3, 0.4) is 0 Å². The molecular weight excluding hydrogens is 482 g/mol. The first kappa shape index (κ1) is 27.4. The zero-order valence-electron chi connectivity index (χ0n) is 21.3. The molecule has 0 saturated carbocycles. The van der Waals surface area contributed by atoms with E-state index in [-0.39, 0.29) is 36.3 Å². The van der Waals surface area contributed by atoms with Gasteiger partial charge in [0.15, 0.2) is 6.29 Å². The van der Waals surface area contributed by atoms with Gasteiger partial charge in [-0.2, -0.15) is 0 Å². The zero-order valence-corrected chi connectivity index (χ0v) is 21.3. The Bertz CT molecular complexity index is 1020. The summed E-state index contributed by atoms with van der Waals surface area (Å²) in [4.78, 5) is 16.8. The second-order valence-corrected chi connectivity index (χ2v) is 9.72. The number of amides is 1. The zero-order chi connectivity index (χ0) is 26.2. The van der Waals surface area contributed by atoms with E-state index in [2.05, 4.69) is 4.90 Å². The summed E-state index contributed by atoms with van der Waals surface area (Å²) in [5, 5.41) is 9.97. The lowest BCUT2D eigenvalue weighted by molar-refractivity contribution is -0.165. The molecule has 1 N–H and O–H groups in total. The molecule has 2 aromatic carbocycles. The molecule has 2 fully saturated rings. The van der Waals surface area contributed by atoms with Gasteiger partial charge in [-0.25, -0.2) is 8.78 Å². The molecule has 2 saturated heterocycles. The summed E-state index contributed by atoms with van der Waals surface area (Å²) in [6.07, 6.45) is 3.07. The van der Waals surface area contributed by atoms with Gasteiger partial charge in [0.1, 0.15) is 24.0 Å². The maximum atomic E-state index is 14.2. The molecule has 2 aliphatic rings. The Morgan fingerprint density at radius 1 is 1.16 bits per heavy atom. The summed E-state index contributed by atoms with van der Waals surface area (Å²) in [6.45, 7) is 3.37. The van der Waals surface area contributed by atoms with Gasteiger partial charge in [-0.15, -0.1) is 0 Å². The maximum Gasteiger partial charge on any atom is 0.227 e. The van der Waals surface area contributed by atoms with Crippen molar-refractivity contribution < 1.29 is 32.9 Å². The van der Waals surface area contributed by atoms with Gasteiger partial charge in [0.05, 0.1) is 25.2 Å². The average molecular weight is 519 g/mol. The number of carbonyl (C=O) groups excluding carboxylic acids is 1. The number of hydrogen-bond acceptors (Lipinski definition) is 6. The molecule has 202 valence electrons. The summed E-state index contributed by atoms with van der Waals surface area (Å²) in [6, 6.07) is 10.5. The molecule has 0 spiro atoms. The molecule has 1 unspecified atom stereocenters. The van der Waals surface area contributed by atoms with Crippen LogP contribution in [0.25, 0.3) is 0 Å². The van der Waals surface area contributed by atoms with Crippen LogP contribution < -0.4 is 4.74 Å². The molecule has 0 bridgehead atoms. The smallest absolute Gasteiger partial charge is 0.227 e. The van der Waals surface area contributed by atoms with Crippen molar-refractivity contribution in [1.29, 1.82) is 0 Å². The van der Waals surface area contributed by atoms with Crippen LogP contribution in [0.1, 0.15) is 42.9 Å². The van der Waals surface area contributed by atoms with Crippen molar-refractivity contribution in [1.82, 2.24) is 9.80 Å². The van der Waals surface area contributed by atoms with Crippen molar-refractivity contribution in [3.05, 3.63) is 65.2 Å². The molecule has 2 heterocycles. The number of β-amino-alcohol motifs (C(OH)–C–C–N with tert-alkyl or cyclic N) is 1. The lowest BCUT2D eigenvalue weighted by Crippen LogP contribution is -2.39. The van der Waals surface area contributed by atoms with Gasteiger partial charge in [-0.1, -0.05) is 18.2 Å². The lowest BCUT2D eigenvalue weighted by atomic mass is 10.0. The van der Waals surface area contributed by atoms with Crippen molar-refractivity contribution in [3.63, 3.8) is 0 Å². The number of hydrogen-bond donors (Lipinski definition) is 1. The molecule has 7 nitrogen and oxygen atoms in total. The minimum Gasteiger partial charge on any atom is -0.491 e. The number of likely N-dealkylation sites (N-methyl/N-ethyl adjacent to an activating group) is 1. The molecule has 0 aliphatic carbocycles. The third-order valence-corrected chi connectivity index (χ3v) is 6.95. The van der Waals surface area contributed by atoms with Crippen molar-refractivity contribution in [2.75, 3.05) is 46.5 Å². The third-order valence-electron chi connectivity index (χ3n) is 6.95. The fourth-order valence-electron chi connectivity index (χ4n) is 4.77. The number of carbonyl (C=O) groups is 1. The topological polar surface area (TPSA) is 71.5 Å². The summed E-state index contributed by atoms with van der Waals surface area (Å²) < 4.78 is 44.5. The van der Waals surface area contributed by atoms with Gasteiger partial charge < -0.3 is 24.2 Å². The summed E-state index contributed by atoms with van der Waals surface area (Å²) in [5.74, 6) is -1.00. The highest BCUT2D eigenvalue weighted by molar-refractivity contribution is 5.79. The molecule has 0 aromatic heterocycles. The molecule has 3 atom stereocenters. The fourth-order valence-corrected chi connectivity index (χ4v) is 4.77. The van der Waals surface area contributed by atoms with E-state index in [4.69, 9.17) is 14.2 Å². The Morgan fingerprint density at radius 2 is 1.97 bits per heavy atom. The highest BCUT2D eigenvalue weighted by Crippen LogP contribution is 2.26. The first-order valence-electron chi connectivity index (χ1n) is 12.9. The second kappa shape index (κ2) is 13.3. The number of likely N-dealkylation sites (tertiary alicyclic amines) is 1. The Kier molecular flexibility index (Phi) is 9.85. The minimum absolute atomic E-state index is 0.151. The van der Waals surface area contributed by atoms with Gasteiger partial charge >= 0.3 is 0 Å². The van der Waals surface area contributed by atoms with Crippen molar-refractivity contribution >= 4 is 5.91 Å². The highest BCUT2D eigenvalue weighted by atomic mass is 19.1. The standard InChI is InChI=1S/C28H36F2N2O5/c1-31(27(34)16-21-5-8-22(29)17-25(21)30)26(19-32-12-11-23(33)18-32)20-6-9-24(10-7-20)35-14-15-37-28-4-2-3-13-36-28/h5-10,17,23,26,28,33H,2-4,11-16,18-19H2,1H3/t23-,26+,28?/m0/s1. The SMILES string of the molecule is CN(C(=O)Cc1ccc(F)cc1F)[C@H](CN1CC[C@H](O)C1)c1ccc(OCCOC2CCCCO2)cc1. The molecule has 0 radical (unpaired) electrons. The number of benzene rings is 2. The normalized spacial score (nSPS) is 21.1. The molecule has 2 aliphatic heterocycles. The van der Waals surface area contributed by atoms with Crippen LogP contribution in [0.5, 0.6) is 5.75 Å². The number of rotatable bonds is 11. The van der Waals surface area contributed by atoms with Crippen LogP contribution in [0.15, 0.2) is 42.5 Å². The molecule has 37 heavy (non-hydrogen) atoms. The minimum atomic E-state index is -0.735. The van der Waals surface area contributed by atoms with Gasteiger partial charge in [0, 0.05) is 39.4 Å². The third kappa shape index (κ3) is 7.95. The van der Waals surface area contributed by atoms with E-state index in [1.165, 1.54) is 6.07 Å². The first-order valence-corrected chi connectivity index (χ1v) is 12.9. The molecule has 2 aromatic rings. The van der Waals surface area contributed by atoms with Crippen molar-refractivity contribution in [2.45, 2.75) is 50.5 Å². The first-order chi connectivity index (χ1) is 17.9. The second-order valence-electron chi connectivity index (χ2n) is 9.72. The van der Waals surface area contributed by atoms with Gasteiger partial charge in [0.25, 0.3) is 0 Å². The molecule has 9 heteroatoms. The number of ether oxygens (including phenoxy) is 3. The predicted octanol–water partition coefficient (Wildman–Crippen LogP) is 3.70. The predicted molar refractivity (Wildman–Crippen MR) is 134 cm³/mol. The van der Waals surface area contributed by atoms with E-state index < -0.39 is 11.6 Å². The van der Waals surface area contributed by atoms with Crippen LogP contribution in [-0.2, 0) is 20.7 Å². The quantitative estimate of drug-likeness (QED) is 0.458. The Hall–Kier alpha value is -2.59. The molecule has 4 rings (SSSR count). The maximum absolute atomic E-state index is 14.2. The lowest BCUT2D eigenvalue weighted by Gasteiger charge is -2.32. The highest BCUT2D eigenvalue weighted by Gasteiger charge is 2.28. The largest absolute Gasteiger partial charge is 0.491 e. The number of nitrogens with zero attached hydrogens (tertiary/aromatic N) is 2. The van der Waals surface area contributed by atoms with Crippen LogP contribution in [0.4, 0.5) is 8.78 Å². The number of halogens is 2. The van der Waals surface area contributed by atoms with E-state index in [1.54, 1.807) is 11.9 Å². The summed E-state index contributed by atoms with van der Waals surface area (Å²) in [5.41, 5.74) is 1.05. The van der Waals surface area contributed by atoms with Crippen LogP contribution in [-0.4, -0.2) is 79.7 Å². The number of aliphatic hydroxyl groups excluding tert-OH is 1. The van der Waals surface area contributed by atoms with Gasteiger partial charge in [0.2, 0.25) is 5.91 Å². The summed E-state index contributed by atoms with van der Waals surface area (Å²) >= 11 is 0. The van der Waals surface area contributed by atoms with Gasteiger partial charge in [-0.05, 0) is 55.0 Å². The van der Waals surface area contributed by atoms with Crippen LogP contribution >= 0.6 is 0 Å². The Balaban J connectivity index is 1.38. The summed E-state index contributed by atoms with van der Waals surface area (Å²) in [7, 11) is 1.69. The van der Waals surface area contributed by atoms with Crippen molar-refractivity contribution in [3.8, 4) is 5.75 Å². The van der Waals surface area contributed by atoms with E-state index in [0.717, 1.165) is 50.1 Å². The van der Waals surface area contributed by atoms with E-state index in [0.29, 0.717) is 38.5 Å². The molecule has 1 amide bonds. The van der Waals surface area contributed by atoms with E-state index >= 15 is 0 Å². The van der Waals surface area contributed by atoms with Crippen LogP contribution in [0, 0.1) is 11.6 Å². The monoisotopic (exact) mass is 518 g/mol. The number of aliphatic hydroxyl groups is 1. The Labute approximate surface area is 216 Å². The van der Waals surface area contributed by atoms with E-state index in [9.17, 15) is 18.7 Å². The Morgan fingerprint density at radius 3 is 2.65 bits per heavy atom. The average Bonchev–Trinajstić information content (AvgIpc) is 3.32. The van der Waals surface area contributed by atoms with Gasteiger partial charge in [-0.3, -0.25) is 9.69 Å².